The Hall–Kier alpha value is -2.46. The molecule has 0 heterocycles. The number of benzene rings is 2. The van der Waals surface area contributed by atoms with Crippen molar-refractivity contribution < 1.29 is 4.92 Å². The molecule has 21 heavy (non-hydrogen) atoms. The van der Waals surface area contributed by atoms with E-state index < -0.39 is 0 Å². The third kappa shape index (κ3) is 4.26. The molecule has 0 aliphatic rings. The normalized spacial score (nSPS) is 11.8. The van der Waals surface area contributed by atoms with Crippen LogP contribution in [-0.4, -0.2) is 4.92 Å². The minimum absolute atomic E-state index is 0.100. The molecule has 0 radical (unpaired) electrons. The van der Waals surface area contributed by atoms with E-state index in [0.29, 0.717) is 0 Å². The Morgan fingerprint density at radius 1 is 1.14 bits per heavy atom. The summed E-state index contributed by atoms with van der Waals surface area (Å²) < 4.78 is 0. The first kappa shape index (κ1) is 14.9. The van der Waals surface area contributed by atoms with Gasteiger partial charge in [0.1, 0.15) is 0 Å². The van der Waals surface area contributed by atoms with Gasteiger partial charge in [-0.1, -0.05) is 48.5 Å². The van der Waals surface area contributed by atoms with Crippen molar-refractivity contribution >= 4 is 5.69 Å². The summed E-state index contributed by atoms with van der Waals surface area (Å²) in [6.45, 7) is 4.52. The number of nitrogens with zero attached hydrogens (tertiary/aromatic N) is 1. The van der Waals surface area contributed by atoms with E-state index in [-0.39, 0.29) is 16.7 Å². The first-order chi connectivity index (χ1) is 10.2. The number of non-ortho nitro benzene ring substituents is 1. The van der Waals surface area contributed by atoms with E-state index in [9.17, 15) is 10.1 Å². The molecule has 0 aliphatic heterocycles. The van der Waals surface area contributed by atoms with Gasteiger partial charge in [-0.05, 0) is 17.5 Å². The molecular formula is C17H18N2O2. The first-order valence-electron chi connectivity index (χ1n) is 6.83. The molecule has 0 saturated heterocycles. The van der Waals surface area contributed by atoms with Crippen LogP contribution in [0.1, 0.15) is 23.6 Å². The quantitative estimate of drug-likeness (QED) is 0.474. The van der Waals surface area contributed by atoms with Crippen LogP contribution in [0, 0.1) is 10.1 Å². The van der Waals surface area contributed by atoms with E-state index >= 15 is 0 Å². The molecule has 2 aromatic rings. The van der Waals surface area contributed by atoms with Crippen LogP contribution < -0.4 is 5.32 Å². The lowest BCUT2D eigenvalue weighted by atomic mass is 10.0. The number of nitro groups is 1. The molecule has 2 rings (SSSR count). The van der Waals surface area contributed by atoms with E-state index in [0.717, 1.165) is 18.5 Å². The Morgan fingerprint density at radius 3 is 2.38 bits per heavy atom. The molecule has 0 saturated carbocycles. The zero-order valence-corrected chi connectivity index (χ0v) is 11.7. The zero-order valence-electron chi connectivity index (χ0n) is 11.7. The summed E-state index contributed by atoms with van der Waals surface area (Å²) in [7, 11) is 0. The second-order valence-corrected chi connectivity index (χ2v) is 4.79. The lowest BCUT2D eigenvalue weighted by Gasteiger charge is -2.17. The fourth-order valence-corrected chi connectivity index (χ4v) is 2.17. The van der Waals surface area contributed by atoms with Crippen molar-refractivity contribution in [3.63, 3.8) is 0 Å². The fourth-order valence-electron chi connectivity index (χ4n) is 2.17. The van der Waals surface area contributed by atoms with Gasteiger partial charge in [-0.2, -0.15) is 0 Å². The van der Waals surface area contributed by atoms with E-state index in [2.05, 4.69) is 24.0 Å². The molecule has 0 spiro atoms. The highest BCUT2D eigenvalue weighted by molar-refractivity contribution is 5.34. The minimum atomic E-state index is -0.385. The van der Waals surface area contributed by atoms with Gasteiger partial charge in [0.05, 0.1) is 4.92 Å². The maximum absolute atomic E-state index is 10.7. The molecule has 108 valence electrons. The second kappa shape index (κ2) is 7.36. The summed E-state index contributed by atoms with van der Waals surface area (Å²) in [5, 5.41) is 14.2. The molecule has 0 amide bonds. The zero-order chi connectivity index (χ0) is 15.1. The van der Waals surface area contributed by atoms with Crippen LogP contribution >= 0.6 is 0 Å². The summed E-state index contributed by atoms with van der Waals surface area (Å²) in [5.74, 6) is 0. The van der Waals surface area contributed by atoms with Gasteiger partial charge < -0.3 is 5.32 Å². The van der Waals surface area contributed by atoms with Crippen LogP contribution in [0.3, 0.4) is 0 Å². The van der Waals surface area contributed by atoms with Gasteiger partial charge in [0.2, 0.25) is 0 Å². The SMILES string of the molecule is C=CCC(NCc1ccccc1)c1ccc([N+](=O)[O-])cc1. The van der Waals surface area contributed by atoms with Crippen LogP contribution in [0.4, 0.5) is 5.69 Å². The number of hydrogen-bond acceptors (Lipinski definition) is 3. The van der Waals surface area contributed by atoms with E-state index in [1.807, 2.05) is 24.3 Å². The fraction of sp³-hybridized carbons (Fsp3) is 0.176. The van der Waals surface area contributed by atoms with Gasteiger partial charge in [-0.3, -0.25) is 10.1 Å². The van der Waals surface area contributed by atoms with E-state index in [4.69, 9.17) is 0 Å². The highest BCUT2D eigenvalue weighted by Gasteiger charge is 2.11. The predicted molar refractivity (Wildman–Crippen MR) is 83.9 cm³/mol. The Morgan fingerprint density at radius 2 is 1.81 bits per heavy atom. The third-order valence-electron chi connectivity index (χ3n) is 3.30. The monoisotopic (exact) mass is 282 g/mol. The lowest BCUT2D eigenvalue weighted by molar-refractivity contribution is -0.384. The molecule has 0 aromatic heterocycles. The molecule has 4 heteroatoms. The first-order valence-corrected chi connectivity index (χ1v) is 6.83. The maximum Gasteiger partial charge on any atom is 0.269 e. The average Bonchev–Trinajstić information content (AvgIpc) is 2.52. The van der Waals surface area contributed by atoms with Crippen molar-refractivity contribution in [2.24, 2.45) is 0 Å². The summed E-state index contributed by atoms with van der Waals surface area (Å²) in [6.07, 6.45) is 2.62. The number of nitro benzene ring substituents is 1. The van der Waals surface area contributed by atoms with Crippen molar-refractivity contribution in [1.82, 2.24) is 5.32 Å². The molecule has 4 nitrogen and oxygen atoms in total. The van der Waals surface area contributed by atoms with E-state index in [1.54, 1.807) is 12.1 Å². The lowest BCUT2D eigenvalue weighted by Crippen LogP contribution is -2.20. The van der Waals surface area contributed by atoms with Gasteiger partial charge >= 0.3 is 0 Å². The maximum atomic E-state index is 10.7. The third-order valence-corrected chi connectivity index (χ3v) is 3.30. The van der Waals surface area contributed by atoms with Crippen molar-refractivity contribution in [2.75, 3.05) is 0 Å². The smallest absolute Gasteiger partial charge is 0.269 e. The summed E-state index contributed by atoms with van der Waals surface area (Å²) in [5.41, 5.74) is 2.34. The summed E-state index contributed by atoms with van der Waals surface area (Å²) in [6, 6.07) is 16.9. The number of hydrogen-bond donors (Lipinski definition) is 1. The Labute approximate surface area is 124 Å². The molecule has 0 bridgehead atoms. The molecule has 2 aromatic carbocycles. The van der Waals surface area contributed by atoms with Gasteiger partial charge in [0, 0.05) is 24.7 Å². The van der Waals surface area contributed by atoms with Crippen LogP contribution in [-0.2, 0) is 6.54 Å². The topological polar surface area (TPSA) is 55.2 Å². The summed E-state index contributed by atoms with van der Waals surface area (Å²) >= 11 is 0. The van der Waals surface area contributed by atoms with Gasteiger partial charge in [-0.25, -0.2) is 0 Å². The number of nitrogens with one attached hydrogen (secondary N) is 1. The van der Waals surface area contributed by atoms with Crippen LogP contribution in [0.15, 0.2) is 67.3 Å². The van der Waals surface area contributed by atoms with Gasteiger partial charge in [-0.15, -0.1) is 6.58 Å². The van der Waals surface area contributed by atoms with Crippen molar-refractivity contribution in [1.29, 1.82) is 0 Å². The molecule has 1 N–H and O–H groups in total. The number of rotatable bonds is 7. The van der Waals surface area contributed by atoms with Crippen molar-refractivity contribution in [2.45, 2.75) is 19.0 Å². The van der Waals surface area contributed by atoms with Crippen molar-refractivity contribution in [3.05, 3.63) is 88.5 Å². The molecule has 1 unspecified atom stereocenters. The average molecular weight is 282 g/mol. The van der Waals surface area contributed by atoms with E-state index in [1.165, 1.54) is 17.7 Å². The van der Waals surface area contributed by atoms with Crippen molar-refractivity contribution in [3.8, 4) is 0 Å². The molecule has 0 fully saturated rings. The Kier molecular flexibility index (Phi) is 5.23. The molecular weight excluding hydrogens is 264 g/mol. The van der Waals surface area contributed by atoms with Gasteiger partial charge in [0.25, 0.3) is 5.69 Å². The standard InChI is InChI=1S/C17H18N2O2/c1-2-6-17(18-13-14-7-4-3-5-8-14)15-9-11-16(12-10-15)19(20)21/h2-5,7-12,17-18H,1,6,13H2. The molecule has 1 atom stereocenters. The second-order valence-electron chi connectivity index (χ2n) is 4.79. The minimum Gasteiger partial charge on any atom is -0.306 e. The van der Waals surface area contributed by atoms with Gasteiger partial charge in [0.15, 0.2) is 0 Å². The Balaban J connectivity index is 2.07. The van der Waals surface area contributed by atoms with Crippen LogP contribution in [0.25, 0.3) is 0 Å². The highest BCUT2D eigenvalue weighted by Crippen LogP contribution is 2.21. The Bertz CT molecular complexity index is 594. The molecule has 0 aliphatic carbocycles. The van der Waals surface area contributed by atoms with Crippen LogP contribution in [0.5, 0.6) is 0 Å². The van der Waals surface area contributed by atoms with Crippen LogP contribution in [0.2, 0.25) is 0 Å². The summed E-state index contributed by atoms with van der Waals surface area (Å²) in [4.78, 5) is 10.3. The highest BCUT2D eigenvalue weighted by atomic mass is 16.6. The predicted octanol–water partition coefficient (Wildman–Crippen LogP) is 4.00. The largest absolute Gasteiger partial charge is 0.306 e.